The van der Waals surface area contributed by atoms with E-state index >= 15 is 0 Å². The van der Waals surface area contributed by atoms with Crippen LogP contribution in [-0.2, 0) is 0 Å². The number of azo groups is 1. The Labute approximate surface area is 209 Å². The molecule has 0 aliphatic rings. The molecular formula is C29H37N5O. The van der Waals surface area contributed by atoms with E-state index in [2.05, 4.69) is 58.2 Å². The minimum absolute atomic E-state index is 0.128. The number of carbonyl (C=O) groups is 1. The van der Waals surface area contributed by atoms with E-state index in [0.717, 1.165) is 60.9 Å². The molecule has 6 nitrogen and oxygen atoms in total. The molecule has 0 fully saturated rings. The molecule has 6 heteroatoms. The average Bonchev–Trinajstić information content (AvgIpc) is 2.87. The summed E-state index contributed by atoms with van der Waals surface area (Å²) in [5.74, 6) is -0.128. The third-order valence-corrected chi connectivity index (χ3v) is 6.23. The molecule has 0 aliphatic heterocycles. The number of nitrogens with zero attached hydrogens (tertiary/aromatic N) is 4. The first-order valence-electron chi connectivity index (χ1n) is 12.4. The van der Waals surface area contributed by atoms with Crippen LogP contribution in [0.5, 0.6) is 0 Å². The second kappa shape index (κ2) is 12.8. The topological polar surface area (TPSA) is 60.3 Å². The van der Waals surface area contributed by atoms with Crippen LogP contribution in [0.1, 0.15) is 42.3 Å². The van der Waals surface area contributed by atoms with Crippen LogP contribution in [0.2, 0.25) is 0 Å². The minimum Gasteiger partial charge on any atom is -0.371 e. The number of aryl methyl sites for hydroxylation is 2. The molecular weight excluding hydrogens is 434 g/mol. The average molecular weight is 472 g/mol. The largest absolute Gasteiger partial charge is 0.371 e. The number of nitrogens with one attached hydrogen (secondary N) is 1. The van der Waals surface area contributed by atoms with E-state index in [1.54, 1.807) is 12.1 Å². The minimum atomic E-state index is -0.128. The summed E-state index contributed by atoms with van der Waals surface area (Å²) in [5, 5.41) is 12.0. The van der Waals surface area contributed by atoms with Crippen LogP contribution in [-0.4, -0.2) is 43.5 Å². The Morgan fingerprint density at radius 3 is 2.00 bits per heavy atom. The highest BCUT2D eigenvalue weighted by Crippen LogP contribution is 2.30. The second-order valence-corrected chi connectivity index (χ2v) is 8.60. The molecule has 0 unspecified atom stereocenters. The zero-order valence-corrected chi connectivity index (χ0v) is 21.6. The van der Waals surface area contributed by atoms with Crippen molar-refractivity contribution in [2.75, 3.05) is 42.9 Å². The lowest BCUT2D eigenvalue weighted by Crippen LogP contribution is -2.35. The van der Waals surface area contributed by atoms with Gasteiger partial charge in [0.2, 0.25) is 0 Å². The summed E-state index contributed by atoms with van der Waals surface area (Å²) >= 11 is 0. The van der Waals surface area contributed by atoms with E-state index in [4.69, 9.17) is 0 Å². The van der Waals surface area contributed by atoms with Crippen LogP contribution in [0, 0.1) is 13.8 Å². The summed E-state index contributed by atoms with van der Waals surface area (Å²) in [6.45, 7) is 15.7. The Morgan fingerprint density at radius 1 is 0.800 bits per heavy atom. The van der Waals surface area contributed by atoms with Crippen molar-refractivity contribution in [1.82, 2.24) is 4.90 Å². The molecule has 0 saturated heterocycles. The molecule has 184 valence electrons. The second-order valence-electron chi connectivity index (χ2n) is 8.60. The van der Waals surface area contributed by atoms with Crippen molar-refractivity contribution in [3.8, 4) is 0 Å². The van der Waals surface area contributed by atoms with Gasteiger partial charge in [-0.15, -0.1) is 0 Å². The molecule has 0 aliphatic carbocycles. The van der Waals surface area contributed by atoms with E-state index in [9.17, 15) is 4.79 Å². The Hall–Kier alpha value is -3.51. The number of hydrogen-bond acceptors (Lipinski definition) is 5. The normalized spacial score (nSPS) is 11.3. The van der Waals surface area contributed by atoms with Crippen LogP contribution < -0.4 is 10.2 Å². The molecule has 0 atom stereocenters. The maximum Gasteiger partial charge on any atom is 0.255 e. The Kier molecular flexibility index (Phi) is 9.56. The summed E-state index contributed by atoms with van der Waals surface area (Å²) in [6.07, 6.45) is 0. The first-order valence-corrected chi connectivity index (χ1v) is 12.4. The van der Waals surface area contributed by atoms with Gasteiger partial charge in [-0.2, -0.15) is 10.2 Å². The fourth-order valence-corrected chi connectivity index (χ4v) is 4.09. The lowest BCUT2D eigenvalue weighted by molar-refractivity contribution is 0.102. The van der Waals surface area contributed by atoms with Crippen LogP contribution in [0.3, 0.4) is 0 Å². The molecule has 3 aromatic rings. The van der Waals surface area contributed by atoms with Gasteiger partial charge in [0.05, 0.1) is 11.4 Å². The van der Waals surface area contributed by atoms with Gasteiger partial charge in [-0.25, -0.2) is 0 Å². The number of hydrogen-bond donors (Lipinski definition) is 1. The van der Waals surface area contributed by atoms with E-state index in [1.807, 2.05) is 56.3 Å². The molecule has 35 heavy (non-hydrogen) atoms. The van der Waals surface area contributed by atoms with Gasteiger partial charge >= 0.3 is 0 Å². The SMILES string of the molecule is CCN(CC)CCN(CC)c1ccc(/N=N/c2c(C)cc(NC(=O)c3ccccc3)cc2C)cc1. The van der Waals surface area contributed by atoms with Crippen molar-refractivity contribution >= 4 is 28.7 Å². The summed E-state index contributed by atoms with van der Waals surface area (Å²) in [4.78, 5) is 17.3. The van der Waals surface area contributed by atoms with Crippen molar-refractivity contribution in [2.45, 2.75) is 34.6 Å². The van der Waals surface area contributed by atoms with Gasteiger partial charge in [-0.1, -0.05) is 32.0 Å². The molecule has 0 saturated carbocycles. The van der Waals surface area contributed by atoms with Gasteiger partial charge in [0.1, 0.15) is 0 Å². The first kappa shape index (κ1) is 26.1. The van der Waals surface area contributed by atoms with Gasteiger partial charge in [-0.3, -0.25) is 4.79 Å². The zero-order valence-electron chi connectivity index (χ0n) is 21.6. The number of rotatable bonds is 11. The van der Waals surface area contributed by atoms with Crippen molar-refractivity contribution in [1.29, 1.82) is 0 Å². The lowest BCUT2D eigenvalue weighted by atomic mass is 10.1. The summed E-state index contributed by atoms with van der Waals surface area (Å²) < 4.78 is 0. The summed E-state index contributed by atoms with van der Waals surface area (Å²) in [7, 11) is 0. The van der Waals surface area contributed by atoms with Crippen LogP contribution >= 0.6 is 0 Å². The Morgan fingerprint density at radius 2 is 1.43 bits per heavy atom. The van der Waals surface area contributed by atoms with Crippen molar-refractivity contribution in [3.63, 3.8) is 0 Å². The van der Waals surface area contributed by atoms with E-state index in [-0.39, 0.29) is 5.91 Å². The molecule has 0 spiro atoms. The first-order chi connectivity index (χ1) is 16.9. The number of anilines is 2. The van der Waals surface area contributed by atoms with Crippen LogP contribution in [0.15, 0.2) is 77.0 Å². The van der Waals surface area contributed by atoms with Crippen LogP contribution in [0.25, 0.3) is 0 Å². The monoisotopic (exact) mass is 471 g/mol. The molecule has 0 heterocycles. The zero-order chi connectivity index (χ0) is 25.2. The van der Waals surface area contributed by atoms with Gasteiger partial charge in [-0.05, 0) is 93.5 Å². The van der Waals surface area contributed by atoms with Crippen molar-refractivity contribution < 1.29 is 4.79 Å². The lowest BCUT2D eigenvalue weighted by Gasteiger charge is -2.27. The standard InChI is InChI=1S/C29H37N5O/c1-6-33(7-2)18-19-34(8-3)27-16-14-25(15-17-27)31-32-28-22(4)20-26(21-23(28)5)30-29(35)24-12-10-9-11-13-24/h9-17,20-21H,6-8,18-19H2,1-5H3,(H,30,35)/b32-31+. The summed E-state index contributed by atoms with van der Waals surface area (Å²) in [5.41, 5.74) is 6.13. The molecule has 3 aromatic carbocycles. The molecule has 3 rings (SSSR count). The van der Waals surface area contributed by atoms with Gasteiger partial charge in [0.15, 0.2) is 0 Å². The van der Waals surface area contributed by atoms with Crippen molar-refractivity contribution in [3.05, 3.63) is 83.4 Å². The molecule has 1 N–H and O–H groups in total. The maximum atomic E-state index is 12.5. The number of carbonyl (C=O) groups excluding carboxylic acids is 1. The number of likely N-dealkylation sites (N-methyl/N-ethyl adjacent to an activating group) is 2. The maximum absolute atomic E-state index is 12.5. The van der Waals surface area contributed by atoms with E-state index in [1.165, 1.54) is 5.69 Å². The fraction of sp³-hybridized carbons (Fsp3) is 0.345. The highest BCUT2D eigenvalue weighted by Gasteiger charge is 2.10. The van der Waals surface area contributed by atoms with Crippen molar-refractivity contribution in [2.24, 2.45) is 10.2 Å². The van der Waals surface area contributed by atoms with Gasteiger partial charge in [0.25, 0.3) is 5.91 Å². The van der Waals surface area contributed by atoms with Gasteiger partial charge < -0.3 is 15.1 Å². The summed E-state index contributed by atoms with van der Waals surface area (Å²) in [6, 6.07) is 21.3. The Balaban J connectivity index is 1.67. The highest BCUT2D eigenvalue weighted by molar-refractivity contribution is 6.04. The smallest absolute Gasteiger partial charge is 0.255 e. The quantitative estimate of drug-likeness (QED) is 0.302. The molecule has 0 aromatic heterocycles. The molecule has 1 amide bonds. The predicted molar refractivity (Wildman–Crippen MR) is 147 cm³/mol. The fourth-order valence-electron chi connectivity index (χ4n) is 4.09. The van der Waals surface area contributed by atoms with E-state index < -0.39 is 0 Å². The number of benzene rings is 3. The number of amides is 1. The van der Waals surface area contributed by atoms with Gasteiger partial charge in [0, 0.05) is 36.6 Å². The van der Waals surface area contributed by atoms with Crippen LogP contribution in [0.4, 0.5) is 22.7 Å². The third-order valence-electron chi connectivity index (χ3n) is 6.23. The highest BCUT2D eigenvalue weighted by atomic mass is 16.1. The predicted octanol–water partition coefficient (Wildman–Crippen LogP) is 7.14. The van der Waals surface area contributed by atoms with E-state index in [0.29, 0.717) is 5.56 Å². The Bertz CT molecular complexity index is 1100. The third kappa shape index (κ3) is 7.23. The molecule has 0 bridgehead atoms. The molecule has 0 radical (unpaired) electrons.